The van der Waals surface area contributed by atoms with E-state index in [9.17, 15) is 9.59 Å². The zero-order chi connectivity index (χ0) is 16.0. The first kappa shape index (κ1) is 14.8. The number of carbonyl (C=O) groups excluding carboxylic acids is 2. The standard InChI is InChI=1S/C17H13BrN2O2S/c18-11-5-7-12(8-6-11)20-15(21)9-10-23-17(20)13-3-1-2-4-14(13)19-16(17)22/h1-8H,9-10H2,(H,19,22)/t17-/m1/s1. The zero-order valence-electron chi connectivity index (χ0n) is 12.1. The average Bonchev–Trinajstić information content (AvgIpc) is 2.82. The van der Waals surface area contributed by atoms with Gasteiger partial charge in [0, 0.05) is 33.6 Å². The van der Waals surface area contributed by atoms with Gasteiger partial charge in [0.2, 0.25) is 10.8 Å². The van der Waals surface area contributed by atoms with Gasteiger partial charge in [0.05, 0.1) is 0 Å². The number of hydrogen-bond acceptors (Lipinski definition) is 3. The number of para-hydroxylation sites is 1. The molecule has 23 heavy (non-hydrogen) atoms. The van der Waals surface area contributed by atoms with Crippen LogP contribution in [0.2, 0.25) is 0 Å². The van der Waals surface area contributed by atoms with E-state index in [0.29, 0.717) is 12.2 Å². The number of thioether (sulfide) groups is 1. The number of benzene rings is 2. The van der Waals surface area contributed by atoms with Crippen molar-refractivity contribution in [3.8, 4) is 0 Å². The van der Waals surface area contributed by atoms with Crippen LogP contribution in [0.3, 0.4) is 0 Å². The molecule has 116 valence electrons. The molecule has 2 aliphatic heterocycles. The minimum atomic E-state index is -1.01. The van der Waals surface area contributed by atoms with Gasteiger partial charge in [-0.05, 0) is 30.3 Å². The molecule has 2 heterocycles. The monoisotopic (exact) mass is 388 g/mol. The Morgan fingerprint density at radius 1 is 1.09 bits per heavy atom. The lowest BCUT2D eigenvalue weighted by Crippen LogP contribution is -2.54. The molecule has 2 amide bonds. The molecule has 1 fully saturated rings. The fourth-order valence-corrected chi connectivity index (χ4v) is 4.82. The average molecular weight is 389 g/mol. The maximum absolute atomic E-state index is 12.9. The molecule has 1 N–H and O–H groups in total. The van der Waals surface area contributed by atoms with Crippen LogP contribution in [0.4, 0.5) is 11.4 Å². The Morgan fingerprint density at radius 2 is 1.83 bits per heavy atom. The van der Waals surface area contributed by atoms with E-state index in [1.165, 1.54) is 11.8 Å². The first-order chi connectivity index (χ1) is 11.1. The van der Waals surface area contributed by atoms with Gasteiger partial charge in [-0.1, -0.05) is 34.1 Å². The molecule has 2 aromatic rings. The predicted molar refractivity (Wildman–Crippen MR) is 95.5 cm³/mol. The number of amides is 2. The first-order valence-electron chi connectivity index (χ1n) is 7.26. The van der Waals surface area contributed by atoms with Gasteiger partial charge >= 0.3 is 0 Å². The topological polar surface area (TPSA) is 49.4 Å². The lowest BCUT2D eigenvalue weighted by Gasteiger charge is -2.42. The van der Waals surface area contributed by atoms with E-state index in [2.05, 4.69) is 21.2 Å². The Balaban J connectivity index is 1.93. The van der Waals surface area contributed by atoms with Gasteiger partial charge in [-0.3, -0.25) is 14.5 Å². The predicted octanol–water partition coefficient (Wildman–Crippen LogP) is 3.72. The van der Waals surface area contributed by atoms with Crippen molar-refractivity contribution in [1.82, 2.24) is 0 Å². The molecule has 0 bridgehead atoms. The fraction of sp³-hybridized carbons (Fsp3) is 0.176. The van der Waals surface area contributed by atoms with E-state index in [1.807, 2.05) is 48.5 Å². The summed E-state index contributed by atoms with van der Waals surface area (Å²) in [4.78, 5) is 26.2. The Labute approximate surface area is 146 Å². The highest BCUT2D eigenvalue weighted by molar-refractivity contribution is 9.10. The van der Waals surface area contributed by atoms with Gasteiger partial charge in [-0.25, -0.2) is 0 Å². The minimum Gasteiger partial charge on any atom is -0.323 e. The summed E-state index contributed by atoms with van der Waals surface area (Å²) in [5, 5.41) is 2.93. The Hall–Kier alpha value is -1.79. The van der Waals surface area contributed by atoms with Crippen LogP contribution in [-0.2, 0) is 14.5 Å². The van der Waals surface area contributed by atoms with Crippen molar-refractivity contribution < 1.29 is 9.59 Å². The molecule has 0 aliphatic carbocycles. The van der Waals surface area contributed by atoms with Crippen LogP contribution in [0.1, 0.15) is 12.0 Å². The van der Waals surface area contributed by atoms with E-state index in [1.54, 1.807) is 4.90 Å². The second-order valence-electron chi connectivity index (χ2n) is 5.45. The zero-order valence-corrected chi connectivity index (χ0v) is 14.5. The third-order valence-electron chi connectivity index (χ3n) is 4.12. The second kappa shape index (κ2) is 5.39. The molecule has 0 aromatic heterocycles. The van der Waals surface area contributed by atoms with Crippen molar-refractivity contribution in [3.05, 3.63) is 58.6 Å². The van der Waals surface area contributed by atoms with Gasteiger partial charge in [0.25, 0.3) is 5.91 Å². The first-order valence-corrected chi connectivity index (χ1v) is 9.04. The van der Waals surface area contributed by atoms with E-state index < -0.39 is 4.87 Å². The molecular formula is C17H13BrN2O2S. The number of nitrogens with zero attached hydrogens (tertiary/aromatic N) is 1. The summed E-state index contributed by atoms with van der Waals surface area (Å²) in [5.41, 5.74) is 2.37. The summed E-state index contributed by atoms with van der Waals surface area (Å²) >= 11 is 4.93. The maximum Gasteiger partial charge on any atom is 0.266 e. The molecule has 6 heteroatoms. The maximum atomic E-state index is 12.9. The highest BCUT2D eigenvalue weighted by atomic mass is 79.9. The lowest BCUT2D eigenvalue weighted by molar-refractivity contribution is -0.124. The van der Waals surface area contributed by atoms with Crippen LogP contribution >= 0.6 is 27.7 Å². The minimum absolute atomic E-state index is 0.0297. The SMILES string of the molecule is O=C1CCS[C@]2(C(=O)Nc3ccccc32)N1c1ccc(Br)cc1. The van der Waals surface area contributed by atoms with Crippen LogP contribution in [0.25, 0.3) is 0 Å². The summed E-state index contributed by atoms with van der Waals surface area (Å²) in [6.07, 6.45) is 0.428. The van der Waals surface area contributed by atoms with E-state index in [4.69, 9.17) is 0 Å². The number of carbonyl (C=O) groups is 2. The van der Waals surface area contributed by atoms with Crippen molar-refractivity contribution in [2.45, 2.75) is 11.3 Å². The van der Waals surface area contributed by atoms with Crippen molar-refractivity contribution >= 4 is 50.9 Å². The highest BCUT2D eigenvalue weighted by Gasteiger charge is 2.56. The van der Waals surface area contributed by atoms with Crippen LogP contribution < -0.4 is 10.2 Å². The van der Waals surface area contributed by atoms with Crippen molar-refractivity contribution in [1.29, 1.82) is 0 Å². The summed E-state index contributed by atoms with van der Waals surface area (Å²) in [6.45, 7) is 0. The van der Waals surface area contributed by atoms with Crippen molar-refractivity contribution in [2.75, 3.05) is 16.0 Å². The number of rotatable bonds is 1. The number of halogens is 1. The molecule has 0 radical (unpaired) electrons. The third kappa shape index (κ3) is 2.12. The summed E-state index contributed by atoms with van der Waals surface area (Å²) in [5.74, 6) is 0.450. The molecule has 2 aromatic carbocycles. The van der Waals surface area contributed by atoms with Crippen LogP contribution in [0.5, 0.6) is 0 Å². The van der Waals surface area contributed by atoms with Gasteiger partial charge < -0.3 is 5.32 Å². The van der Waals surface area contributed by atoms with Gasteiger partial charge in [-0.2, -0.15) is 0 Å². The number of anilines is 2. The molecule has 0 saturated carbocycles. The molecular weight excluding hydrogens is 376 g/mol. The number of nitrogens with one attached hydrogen (secondary N) is 1. The number of fused-ring (bicyclic) bond motifs is 2. The van der Waals surface area contributed by atoms with Crippen LogP contribution in [0.15, 0.2) is 53.0 Å². The summed E-state index contributed by atoms with van der Waals surface area (Å²) < 4.78 is 0.934. The van der Waals surface area contributed by atoms with E-state index >= 15 is 0 Å². The van der Waals surface area contributed by atoms with E-state index in [-0.39, 0.29) is 11.8 Å². The Bertz CT molecular complexity index is 808. The highest BCUT2D eigenvalue weighted by Crippen LogP contribution is 2.52. The molecule has 1 spiro atoms. The van der Waals surface area contributed by atoms with Gasteiger partial charge in [0.15, 0.2) is 0 Å². The molecule has 4 rings (SSSR count). The second-order valence-corrected chi connectivity index (χ2v) is 7.65. The lowest BCUT2D eigenvalue weighted by atomic mass is 10.0. The third-order valence-corrected chi connectivity index (χ3v) is 6.07. The molecule has 0 unspecified atom stereocenters. The normalized spacial score (nSPS) is 23.1. The molecule has 1 atom stereocenters. The van der Waals surface area contributed by atoms with Crippen molar-refractivity contribution in [2.24, 2.45) is 0 Å². The fourth-order valence-electron chi connectivity index (χ4n) is 3.14. The Morgan fingerprint density at radius 3 is 2.61 bits per heavy atom. The van der Waals surface area contributed by atoms with Gasteiger partial charge in [-0.15, -0.1) is 11.8 Å². The molecule has 1 saturated heterocycles. The summed E-state index contributed by atoms with van der Waals surface area (Å²) in [7, 11) is 0. The Kier molecular flexibility index (Phi) is 3.46. The van der Waals surface area contributed by atoms with Gasteiger partial charge in [0.1, 0.15) is 0 Å². The summed E-state index contributed by atoms with van der Waals surface area (Å²) in [6, 6.07) is 15.1. The largest absolute Gasteiger partial charge is 0.323 e. The van der Waals surface area contributed by atoms with Crippen molar-refractivity contribution in [3.63, 3.8) is 0 Å². The number of hydrogen-bond donors (Lipinski definition) is 1. The van der Waals surface area contributed by atoms with Crippen LogP contribution in [-0.4, -0.2) is 17.6 Å². The van der Waals surface area contributed by atoms with Crippen LogP contribution in [0, 0.1) is 0 Å². The molecule has 2 aliphatic rings. The quantitative estimate of drug-likeness (QED) is 0.809. The smallest absolute Gasteiger partial charge is 0.266 e. The van der Waals surface area contributed by atoms with E-state index in [0.717, 1.165) is 21.4 Å². The molecule has 4 nitrogen and oxygen atoms in total.